The fraction of sp³-hybridized carbons (Fsp3) is 0.750. The van der Waals surface area contributed by atoms with E-state index in [-0.39, 0.29) is 0 Å². The minimum absolute atomic E-state index is 0.682. The highest BCUT2D eigenvalue weighted by molar-refractivity contribution is 5.89. The normalized spacial score (nSPS) is 39.4. The van der Waals surface area contributed by atoms with Crippen LogP contribution in [0.15, 0.2) is 11.5 Å². The number of aliphatic hydroxyl groups excluding tert-OH is 7. The molecule has 0 amide bonds. The van der Waals surface area contributed by atoms with E-state index in [2.05, 4.69) is 4.74 Å². The molecule has 0 aromatic carbocycles. The Bertz CT molecular complexity index is 476. The fourth-order valence-corrected chi connectivity index (χ4v) is 2.28. The van der Waals surface area contributed by atoms with Gasteiger partial charge in [0.2, 0.25) is 5.76 Å². The van der Waals surface area contributed by atoms with Crippen molar-refractivity contribution in [2.24, 2.45) is 0 Å². The van der Waals surface area contributed by atoms with E-state index in [1.54, 1.807) is 0 Å². The second kappa shape index (κ2) is 6.97. The number of carbonyl (C=O) groups excluding carboxylic acids is 1. The zero-order valence-corrected chi connectivity index (χ0v) is 11.7. The van der Waals surface area contributed by atoms with Crippen LogP contribution < -0.4 is 0 Å². The first kappa shape index (κ1) is 17.9. The van der Waals surface area contributed by atoms with E-state index in [9.17, 15) is 35.4 Å². The Labute approximate surface area is 129 Å². The molecule has 0 aromatic rings. The monoisotopic (exact) mass is 338 g/mol. The van der Waals surface area contributed by atoms with Crippen molar-refractivity contribution in [2.75, 3.05) is 13.2 Å². The first-order chi connectivity index (χ1) is 10.8. The van der Waals surface area contributed by atoms with E-state index in [0.717, 1.165) is 0 Å². The Hall–Kier alpha value is -1.47. The molecule has 0 radical (unpaired) electrons. The van der Waals surface area contributed by atoms with Gasteiger partial charge in [0, 0.05) is 0 Å². The van der Waals surface area contributed by atoms with Gasteiger partial charge in [-0.05, 0) is 0 Å². The third-order valence-electron chi connectivity index (χ3n) is 3.61. The van der Waals surface area contributed by atoms with Crippen LogP contribution in [0.1, 0.15) is 0 Å². The van der Waals surface area contributed by atoms with Crippen molar-refractivity contribution in [1.29, 1.82) is 0 Å². The summed E-state index contributed by atoms with van der Waals surface area (Å²) in [6, 6.07) is 0. The minimum Gasteiger partial charge on any atom is -0.505 e. The SMILES string of the molecule is O=C1O[C@H]([C@H](CO)O[C@H]2O[C@H](CO)[C@@H](O)[C@H](O)[C@H]2O)C(O)=C1O. The molecule has 11 nitrogen and oxygen atoms in total. The summed E-state index contributed by atoms with van der Waals surface area (Å²) in [6.07, 6.45) is -10.8. The lowest BCUT2D eigenvalue weighted by Gasteiger charge is -2.41. The van der Waals surface area contributed by atoms with Crippen molar-refractivity contribution in [2.45, 2.75) is 42.9 Å². The van der Waals surface area contributed by atoms with Crippen LogP contribution in [0.25, 0.3) is 0 Å². The molecule has 0 aromatic heterocycles. The maximum atomic E-state index is 11.2. The highest BCUT2D eigenvalue weighted by atomic mass is 16.7. The van der Waals surface area contributed by atoms with Gasteiger partial charge in [0.25, 0.3) is 0 Å². The van der Waals surface area contributed by atoms with Gasteiger partial charge in [0.15, 0.2) is 18.2 Å². The number of cyclic esters (lactones) is 1. The molecule has 0 spiro atoms. The zero-order chi connectivity index (χ0) is 17.3. The van der Waals surface area contributed by atoms with Crippen LogP contribution in [0.3, 0.4) is 0 Å². The molecular weight excluding hydrogens is 320 g/mol. The molecule has 7 atom stereocenters. The van der Waals surface area contributed by atoms with Crippen molar-refractivity contribution < 1.29 is 54.8 Å². The molecule has 2 rings (SSSR count). The number of rotatable bonds is 5. The summed E-state index contributed by atoms with van der Waals surface area (Å²) < 4.78 is 14.9. The second-order valence-electron chi connectivity index (χ2n) is 5.11. The van der Waals surface area contributed by atoms with Crippen LogP contribution in [0.5, 0.6) is 0 Å². The zero-order valence-electron chi connectivity index (χ0n) is 11.7. The third-order valence-corrected chi connectivity index (χ3v) is 3.61. The van der Waals surface area contributed by atoms with Crippen molar-refractivity contribution in [3.8, 4) is 0 Å². The van der Waals surface area contributed by atoms with E-state index in [0.29, 0.717) is 0 Å². The molecule has 2 aliphatic heterocycles. The number of hydrogen-bond acceptors (Lipinski definition) is 11. The predicted molar refractivity (Wildman–Crippen MR) is 67.9 cm³/mol. The van der Waals surface area contributed by atoms with Gasteiger partial charge in [0.1, 0.15) is 30.5 Å². The maximum Gasteiger partial charge on any atom is 0.377 e. The van der Waals surface area contributed by atoms with Crippen LogP contribution in [0.2, 0.25) is 0 Å². The summed E-state index contributed by atoms with van der Waals surface area (Å²) >= 11 is 0. The molecule has 2 heterocycles. The molecule has 7 N–H and O–H groups in total. The lowest BCUT2D eigenvalue weighted by atomic mass is 9.99. The van der Waals surface area contributed by atoms with Crippen molar-refractivity contribution in [1.82, 2.24) is 0 Å². The number of carbonyl (C=O) groups is 1. The van der Waals surface area contributed by atoms with Crippen molar-refractivity contribution >= 4 is 5.97 Å². The highest BCUT2D eigenvalue weighted by Gasteiger charge is 2.47. The average molecular weight is 338 g/mol. The predicted octanol–water partition coefficient (Wildman–Crippen LogP) is -3.58. The van der Waals surface area contributed by atoms with Crippen LogP contribution in [-0.2, 0) is 19.0 Å². The smallest absolute Gasteiger partial charge is 0.377 e. The summed E-state index contributed by atoms with van der Waals surface area (Å²) in [5.74, 6) is -3.12. The van der Waals surface area contributed by atoms with Gasteiger partial charge < -0.3 is 50.0 Å². The van der Waals surface area contributed by atoms with E-state index < -0.39 is 73.6 Å². The van der Waals surface area contributed by atoms with Crippen molar-refractivity contribution in [3.05, 3.63) is 11.5 Å². The number of aliphatic hydroxyl groups is 7. The Kier molecular flexibility index (Phi) is 5.41. The molecule has 132 valence electrons. The summed E-state index contributed by atoms with van der Waals surface area (Å²) in [5.41, 5.74) is 0. The standard InChI is InChI=1S/C12H18O11/c13-1-3-5(15)6(16)9(19)12(21-3)22-4(2-14)10-7(17)8(18)11(20)23-10/h3-6,9-10,12-19H,1-2H2/t3-,4+,5-,6+,9-,10-,12-/m1/s1. The maximum absolute atomic E-state index is 11.2. The first-order valence-electron chi connectivity index (χ1n) is 6.71. The number of esters is 1. The largest absolute Gasteiger partial charge is 0.505 e. The lowest BCUT2D eigenvalue weighted by Crippen LogP contribution is -2.60. The summed E-state index contributed by atoms with van der Waals surface area (Å²) in [5, 5.41) is 66.3. The average Bonchev–Trinajstić information content (AvgIpc) is 2.79. The van der Waals surface area contributed by atoms with Gasteiger partial charge in [-0.2, -0.15) is 0 Å². The van der Waals surface area contributed by atoms with E-state index in [1.807, 2.05) is 0 Å². The Morgan fingerprint density at radius 2 is 1.74 bits per heavy atom. The first-order valence-corrected chi connectivity index (χ1v) is 6.71. The lowest BCUT2D eigenvalue weighted by molar-refractivity contribution is -0.318. The van der Waals surface area contributed by atoms with E-state index in [1.165, 1.54) is 0 Å². The molecule has 0 bridgehead atoms. The van der Waals surface area contributed by atoms with Crippen LogP contribution in [0, 0.1) is 0 Å². The summed E-state index contributed by atoms with van der Waals surface area (Å²) in [4.78, 5) is 11.2. The fourth-order valence-electron chi connectivity index (χ4n) is 2.28. The molecule has 0 unspecified atom stereocenters. The third kappa shape index (κ3) is 3.26. The topological polar surface area (TPSA) is 186 Å². The quantitative estimate of drug-likeness (QED) is 0.246. The second-order valence-corrected chi connectivity index (χ2v) is 5.11. The molecule has 2 aliphatic rings. The minimum atomic E-state index is -1.74. The number of ether oxygens (including phenoxy) is 3. The van der Waals surface area contributed by atoms with Gasteiger partial charge in [-0.15, -0.1) is 0 Å². The molecular formula is C12H18O11. The van der Waals surface area contributed by atoms with Crippen molar-refractivity contribution in [3.63, 3.8) is 0 Å². The Morgan fingerprint density at radius 1 is 1.09 bits per heavy atom. The van der Waals surface area contributed by atoms with E-state index >= 15 is 0 Å². The highest BCUT2D eigenvalue weighted by Crippen LogP contribution is 2.27. The van der Waals surface area contributed by atoms with Gasteiger partial charge in [-0.3, -0.25) is 0 Å². The van der Waals surface area contributed by atoms with Gasteiger partial charge >= 0.3 is 5.97 Å². The van der Waals surface area contributed by atoms with Gasteiger partial charge in [-0.25, -0.2) is 4.79 Å². The molecule has 0 aliphatic carbocycles. The summed E-state index contributed by atoms with van der Waals surface area (Å²) in [6.45, 7) is -1.48. The number of hydrogen-bond donors (Lipinski definition) is 7. The summed E-state index contributed by atoms with van der Waals surface area (Å²) in [7, 11) is 0. The molecule has 23 heavy (non-hydrogen) atoms. The Balaban J connectivity index is 2.11. The van der Waals surface area contributed by atoms with Gasteiger partial charge in [0.05, 0.1) is 13.2 Å². The Morgan fingerprint density at radius 3 is 2.22 bits per heavy atom. The van der Waals surface area contributed by atoms with Crippen LogP contribution in [0.4, 0.5) is 0 Å². The van der Waals surface area contributed by atoms with E-state index in [4.69, 9.17) is 14.6 Å². The molecule has 1 saturated heterocycles. The van der Waals surface area contributed by atoms with Crippen LogP contribution >= 0.6 is 0 Å². The molecule has 11 heteroatoms. The molecule has 1 fully saturated rings. The van der Waals surface area contributed by atoms with Gasteiger partial charge in [-0.1, -0.05) is 0 Å². The molecule has 0 saturated carbocycles. The van der Waals surface area contributed by atoms with Crippen LogP contribution in [-0.4, -0.2) is 97.8 Å².